The van der Waals surface area contributed by atoms with Crippen LogP contribution in [0.3, 0.4) is 0 Å². The van der Waals surface area contributed by atoms with Crippen molar-refractivity contribution in [3.63, 3.8) is 0 Å². The van der Waals surface area contributed by atoms with Crippen LogP contribution in [-0.4, -0.2) is 67.5 Å². The molecule has 2 N–H and O–H groups in total. The van der Waals surface area contributed by atoms with Crippen molar-refractivity contribution in [3.05, 3.63) is 35.9 Å². The molecule has 0 bridgehead atoms. The van der Waals surface area contributed by atoms with Gasteiger partial charge in [0.25, 0.3) is 0 Å². The minimum atomic E-state index is 0.0318. The monoisotopic (exact) mass is 427 g/mol. The maximum absolute atomic E-state index is 12.1. The Morgan fingerprint density at radius 1 is 1.10 bits per heavy atom. The summed E-state index contributed by atoms with van der Waals surface area (Å²) in [6, 6.07) is 12.0. The summed E-state index contributed by atoms with van der Waals surface area (Å²) in [6.07, 6.45) is 7.19. The first-order chi connectivity index (χ1) is 14.9. The van der Waals surface area contributed by atoms with Crippen LogP contribution in [0.1, 0.15) is 64.0 Å². The highest BCUT2D eigenvalue weighted by Gasteiger charge is 2.26. The van der Waals surface area contributed by atoms with E-state index in [9.17, 15) is 4.79 Å². The Morgan fingerprint density at radius 3 is 2.42 bits per heavy atom. The van der Waals surface area contributed by atoms with Gasteiger partial charge in [0, 0.05) is 45.3 Å². The molecule has 1 amide bonds. The number of piperidine rings is 1. The van der Waals surface area contributed by atoms with E-state index in [0.29, 0.717) is 24.0 Å². The molecule has 6 nitrogen and oxygen atoms in total. The molecule has 0 aromatic heterocycles. The van der Waals surface area contributed by atoms with Crippen molar-refractivity contribution in [2.24, 2.45) is 10.9 Å². The van der Waals surface area contributed by atoms with Crippen LogP contribution in [-0.2, 0) is 4.79 Å². The summed E-state index contributed by atoms with van der Waals surface area (Å²) in [5.41, 5.74) is 1.38. The number of likely N-dealkylation sites (N-methyl/N-ethyl adjacent to an activating group) is 1. The fourth-order valence-electron chi connectivity index (χ4n) is 4.69. The predicted octanol–water partition coefficient (Wildman–Crippen LogP) is 3.41. The van der Waals surface area contributed by atoms with E-state index in [4.69, 9.17) is 0 Å². The van der Waals surface area contributed by atoms with Gasteiger partial charge in [-0.25, -0.2) is 4.99 Å². The van der Waals surface area contributed by atoms with E-state index >= 15 is 0 Å². The standard InChI is InChI=1S/C25H41N5O/c1-19-10-8-9-13-23(19)28-25(26-18-24(31)29(3)4)27-22-14-16-30(17-15-22)20(2)21-11-6-5-7-12-21/h5-7,11-12,19-20,22-23H,8-10,13-18H2,1-4H3,(H2,26,27,28). The van der Waals surface area contributed by atoms with Gasteiger partial charge in [-0.15, -0.1) is 0 Å². The molecule has 3 rings (SSSR count). The average molecular weight is 428 g/mol. The maximum atomic E-state index is 12.1. The van der Waals surface area contributed by atoms with Crippen LogP contribution in [0.25, 0.3) is 0 Å². The van der Waals surface area contributed by atoms with Gasteiger partial charge in [0.1, 0.15) is 6.54 Å². The van der Waals surface area contributed by atoms with Crippen molar-refractivity contribution >= 4 is 11.9 Å². The SMILES string of the molecule is CC1CCCCC1NC(=NCC(=O)N(C)C)NC1CCN(C(C)c2ccccc2)CC1. The molecule has 1 saturated heterocycles. The Labute approximate surface area is 188 Å². The van der Waals surface area contributed by atoms with E-state index in [-0.39, 0.29) is 12.5 Å². The third-order valence-electron chi connectivity index (χ3n) is 7.00. The average Bonchev–Trinajstić information content (AvgIpc) is 2.79. The van der Waals surface area contributed by atoms with Gasteiger partial charge in [-0.2, -0.15) is 0 Å². The molecule has 1 saturated carbocycles. The van der Waals surface area contributed by atoms with E-state index in [1.807, 2.05) is 0 Å². The van der Waals surface area contributed by atoms with Crippen LogP contribution >= 0.6 is 0 Å². The van der Waals surface area contributed by atoms with Gasteiger partial charge in [0.15, 0.2) is 5.96 Å². The zero-order chi connectivity index (χ0) is 22.2. The minimum Gasteiger partial charge on any atom is -0.354 e. The highest BCUT2D eigenvalue weighted by Crippen LogP contribution is 2.25. The zero-order valence-electron chi connectivity index (χ0n) is 19.8. The lowest BCUT2D eigenvalue weighted by Crippen LogP contribution is -2.53. The Balaban J connectivity index is 1.57. The van der Waals surface area contributed by atoms with E-state index in [2.05, 4.69) is 64.7 Å². The summed E-state index contributed by atoms with van der Waals surface area (Å²) in [6.45, 7) is 6.94. The molecule has 3 unspecified atom stereocenters. The summed E-state index contributed by atoms with van der Waals surface area (Å²) in [4.78, 5) is 20.9. The van der Waals surface area contributed by atoms with Crippen LogP contribution in [0.2, 0.25) is 0 Å². The van der Waals surface area contributed by atoms with Gasteiger partial charge in [-0.1, -0.05) is 50.1 Å². The summed E-state index contributed by atoms with van der Waals surface area (Å²) in [7, 11) is 3.57. The van der Waals surface area contributed by atoms with Crippen LogP contribution in [0.15, 0.2) is 35.3 Å². The lowest BCUT2D eigenvalue weighted by molar-refractivity contribution is -0.127. The smallest absolute Gasteiger partial charge is 0.243 e. The molecule has 1 aliphatic heterocycles. The summed E-state index contributed by atoms with van der Waals surface area (Å²) in [5.74, 6) is 1.48. The minimum absolute atomic E-state index is 0.0318. The predicted molar refractivity (Wildman–Crippen MR) is 128 cm³/mol. The number of hydrogen-bond donors (Lipinski definition) is 2. The van der Waals surface area contributed by atoms with Gasteiger partial charge in [-0.3, -0.25) is 9.69 Å². The quantitative estimate of drug-likeness (QED) is 0.540. The number of benzene rings is 1. The van der Waals surface area contributed by atoms with Gasteiger partial charge in [-0.05, 0) is 44.1 Å². The lowest BCUT2D eigenvalue weighted by atomic mass is 9.86. The van der Waals surface area contributed by atoms with Crippen LogP contribution in [0.4, 0.5) is 0 Å². The Kier molecular flexibility index (Phi) is 8.76. The van der Waals surface area contributed by atoms with Gasteiger partial charge >= 0.3 is 0 Å². The van der Waals surface area contributed by atoms with Crippen molar-refractivity contribution in [2.45, 2.75) is 70.5 Å². The van der Waals surface area contributed by atoms with Gasteiger partial charge < -0.3 is 15.5 Å². The number of carbonyl (C=O) groups is 1. The lowest BCUT2D eigenvalue weighted by Gasteiger charge is -2.38. The van der Waals surface area contributed by atoms with Gasteiger partial charge in [0.2, 0.25) is 5.91 Å². The largest absolute Gasteiger partial charge is 0.354 e. The molecule has 0 spiro atoms. The first-order valence-electron chi connectivity index (χ1n) is 12.0. The van der Waals surface area contributed by atoms with Crippen molar-refractivity contribution in [1.29, 1.82) is 0 Å². The third kappa shape index (κ3) is 6.96. The zero-order valence-corrected chi connectivity index (χ0v) is 19.8. The molecule has 3 atom stereocenters. The number of aliphatic imine (C=N–C) groups is 1. The Morgan fingerprint density at radius 2 is 1.77 bits per heavy atom. The van der Waals surface area contributed by atoms with E-state index < -0.39 is 0 Å². The summed E-state index contributed by atoms with van der Waals surface area (Å²) >= 11 is 0. The second kappa shape index (κ2) is 11.5. The number of hydrogen-bond acceptors (Lipinski definition) is 3. The van der Waals surface area contributed by atoms with E-state index in [1.54, 1.807) is 19.0 Å². The normalized spacial score (nSPS) is 24.5. The molecule has 172 valence electrons. The number of carbonyl (C=O) groups excluding carboxylic acids is 1. The Hall–Kier alpha value is -2.08. The highest BCUT2D eigenvalue weighted by molar-refractivity contribution is 5.85. The highest BCUT2D eigenvalue weighted by atomic mass is 16.2. The number of nitrogens with one attached hydrogen (secondary N) is 2. The third-order valence-corrected chi connectivity index (χ3v) is 7.00. The first kappa shape index (κ1) is 23.6. The topological polar surface area (TPSA) is 60.0 Å². The van der Waals surface area contributed by atoms with E-state index in [0.717, 1.165) is 31.9 Å². The molecule has 2 aliphatic rings. The fourth-order valence-corrected chi connectivity index (χ4v) is 4.69. The summed E-state index contributed by atoms with van der Waals surface area (Å²) < 4.78 is 0. The van der Waals surface area contributed by atoms with Gasteiger partial charge in [0.05, 0.1) is 0 Å². The van der Waals surface area contributed by atoms with Crippen LogP contribution < -0.4 is 10.6 Å². The molecule has 1 aromatic rings. The molecule has 31 heavy (non-hydrogen) atoms. The molecular formula is C25H41N5O. The number of rotatable bonds is 6. The van der Waals surface area contributed by atoms with Crippen LogP contribution in [0, 0.1) is 5.92 Å². The van der Waals surface area contributed by atoms with Crippen molar-refractivity contribution in [1.82, 2.24) is 20.4 Å². The first-order valence-corrected chi connectivity index (χ1v) is 12.0. The van der Waals surface area contributed by atoms with Crippen molar-refractivity contribution in [3.8, 4) is 0 Å². The van der Waals surface area contributed by atoms with Crippen molar-refractivity contribution in [2.75, 3.05) is 33.7 Å². The Bertz CT molecular complexity index is 712. The number of nitrogens with zero attached hydrogens (tertiary/aromatic N) is 3. The molecule has 6 heteroatoms. The molecule has 1 heterocycles. The molecule has 1 aliphatic carbocycles. The van der Waals surface area contributed by atoms with Crippen LogP contribution in [0.5, 0.6) is 0 Å². The van der Waals surface area contributed by atoms with E-state index in [1.165, 1.54) is 31.2 Å². The number of guanidine groups is 1. The molecule has 2 fully saturated rings. The molecule has 1 aromatic carbocycles. The van der Waals surface area contributed by atoms with Crippen molar-refractivity contribution < 1.29 is 4.79 Å². The molecule has 0 radical (unpaired) electrons. The molecular weight excluding hydrogens is 386 g/mol. The fraction of sp³-hybridized carbons (Fsp3) is 0.680. The maximum Gasteiger partial charge on any atom is 0.243 e. The summed E-state index contributed by atoms with van der Waals surface area (Å²) in [5, 5.41) is 7.32. The second-order valence-corrected chi connectivity index (χ2v) is 9.51. The number of amides is 1. The number of likely N-dealkylation sites (tertiary alicyclic amines) is 1. The second-order valence-electron chi connectivity index (χ2n) is 9.51.